The van der Waals surface area contributed by atoms with E-state index in [1.165, 1.54) is 0 Å². The highest BCUT2D eigenvalue weighted by molar-refractivity contribution is 9.10. The number of methoxy groups -OCH3 is 1. The number of nitrogens with one attached hydrogen (secondary N) is 1. The molecule has 0 saturated heterocycles. The molecule has 0 bridgehead atoms. The Kier molecular flexibility index (Phi) is 5.11. The van der Waals surface area contributed by atoms with E-state index in [9.17, 15) is 0 Å². The van der Waals surface area contributed by atoms with Crippen molar-refractivity contribution < 1.29 is 4.74 Å². The van der Waals surface area contributed by atoms with Crippen LogP contribution in [0, 0.1) is 0 Å². The zero-order chi connectivity index (χ0) is 11.3. The summed E-state index contributed by atoms with van der Waals surface area (Å²) in [6.07, 6.45) is 2.52. The van der Waals surface area contributed by atoms with Gasteiger partial charge in [0.05, 0.1) is 17.8 Å². The third-order valence-electron chi connectivity index (χ3n) is 1.82. The van der Waals surface area contributed by atoms with Gasteiger partial charge in [0.15, 0.2) is 0 Å². The Hall–Kier alpha value is -0.550. The van der Waals surface area contributed by atoms with Crippen molar-refractivity contribution >= 4 is 33.5 Å². The fourth-order valence-electron chi connectivity index (χ4n) is 1.02. The maximum absolute atomic E-state index is 5.63. The third-order valence-corrected chi connectivity index (χ3v) is 2.59. The molecule has 0 aliphatic carbocycles. The number of ether oxygens (including phenoxy) is 1. The molecule has 1 unspecified atom stereocenters. The Morgan fingerprint density at radius 3 is 3.00 bits per heavy atom. The third kappa shape index (κ3) is 3.83. The molecule has 0 fully saturated rings. The largest absolute Gasteiger partial charge is 0.480 e. The van der Waals surface area contributed by atoms with Gasteiger partial charge in [-0.1, -0.05) is 0 Å². The average Bonchev–Trinajstić information content (AvgIpc) is 2.21. The minimum atomic E-state index is 0.244. The first kappa shape index (κ1) is 12.5. The van der Waals surface area contributed by atoms with Gasteiger partial charge in [-0.3, -0.25) is 0 Å². The Labute approximate surface area is 103 Å². The van der Waals surface area contributed by atoms with Crippen LogP contribution in [-0.4, -0.2) is 29.0 Å². The molecule has 1 N–H and O–H groups in total. The number of nitrogens with zero attached hydrogens (tertiary/aromatic N) is 2. The molecule has 0 saturated carbocycles. The zero-order valence-electron chi connectivity index (χ0n) is 8.63. The Balaban J connectivity index is 2.69. The molecule has 4 nitrogen and oxygen atoms in total. The van der Waals surface area contributed by atoms with Crippen LogP contribution in [0.4, 0.5) is 5.95 Å². The molecule has 1 heterocycles. The summed E-state index contributed by atoms with van der Waals surface area (Å²) in [5.74, 6) is 1.68. The van der Waals surface area contributed by atoms with E-state index in [-0.39, 0.29) is 6.04 Å². The summed E-state index contributed by atoms with van der Waals surface area (Å²) in [4.78, 5) is 8.30. The minimum Gasteiger partial charge on any atom is -0.480 e. The van der Waals surface area contributed by atoms with E-state index in [0.717, 1.165) is 10.9 Å². The maximum Gasteiger partial charge on any atom is 0.232 e. The molecule has 1 atom stereocenters. The molecule has 1 aromatic rings. The summed E-state index contributed by atoms with van der Waals surface area (Å²) in [6, 6.07) is 0.244. The Bertz CT molecular complexity index is 324. The molecule has 0 aliphatic heterocycles. The van der Waals surface area contributed by atoms with Crippen molar-refractivity contribution in [3.05, 3.63) is 10.7 Å². The van der Waals surface area contributed by atoms with E-state index in [2.05, 4.69) is 31.2 Å². The van der Waals surface area contributed by atoms with Crippen molar-refractivity contribution in [1.82, 2.24) is 9.97 Å². The van der Waals surface area contributed by atoms with Gasteiger partial charge in [-0.05, 0) is 29.3 Å². The van der Waals surface area contributed by atoms with Crippen LogP contribution in [0.2, 0.25) is 0 Å². The van der Waals surface area contributed by atoms with Crippen molar-refractivity contribution in [2.75, 3.05) is 18.3 Å². The van der Waals surface area contributed by atoms with Gasteiger partial charge in [0.1, 0.15) is 0 Å². The van der Waals surface area contributed by atoms with Crippen LogP contribution in [0.3, 0.4) is 0 Å². The highest BCUT2D eigenvalue weighted by Gasteiger charge is 2.07. The second-order valence-corrected chi connectivity index (χ2v) is 4.31. The van der Waals surface area contributed by atoms with E-state index in [1.54, 1.807) is 13.3 Å². The second kappa shape index (κ2) is 6.12. The molecule has 0 radical (unpaired) electrons. The maximum atomic E-state index is 5.63. The number of hydrogen-bond acceptors (Lipinski definition) is 4. The minimum absolute atomic E-state index is 0.244. The predicted octanol–water partition coefficient (Wildman–Crippen LogP) is 2.68. The van der Waals surface area contributed by atoms with Crippen LogP contribution in [0.5, 0.6) is 5.88 Å². The van der Waals surface area contributed by atoms with Crippen LogP contribution in [0.1, 0.15) is 13.3 Å². The van der Waals surface area contributed by atoms with Crippen molar-refractivity contribution in [3.63, 3.8) is 0 Å². The van der Waals surface area contributed by atoms with Gasteiger partial charge in [0, 0.05) is 11.9 Å². The monoisotopic (exact) mass is 293 g/mol. The summed E-state index contributed by atoms with van der Waals surface area (Å²) in [5.41, 5.74) is 0. The lowest BCUT2D eigenvalue weighted by molar-refractivity contribution is 0.394. The summed E-state index contributed by atoms with van der Waals surface area (Å²) < 4.78 is 5.80. The highest BCUT2D eigenvalue weighted by atomic mass is 79.9. The summed E-state index contributed by atoms with van der Waals surface area (Å²) in [6.45, 7) is 2.03. The van der Waals surface area contributed by atoms with Crippen molar-refractivity contribution in [1.29, 1.82) is 0 Å². The molecule has 0 spiro atoms. The number of hydrogen-bond donors (Lipinski definition) is 1. The lowest BCUT2D eigenvalue weighted by atomic mass is 10.3. The molecule has 0 aliphatic rings. The Morgan fingerprint density at radius 2 is 2.40 bits per heavy atom. The van der Waals surface area contributed by atoms with Gasteiger partial charge in [0.25, 0.3) is 0 Å². The van der Waals surface area contributed by atoms with Gasteiger partial charge in [-0.25, -0.2) is 4.98 Å². The van der Waals surface area contributed by atoms with Crippen LogP contribution in [-0.2, 0) is 0 Å². The smallest absolute Gasteiger partial charge is 0.232 e. The van der Waals surface area contributed by atoms with E-state index in [0.29, 0.717) is 17.7 Å². The molecule has 0 amide bonds. The zero-order valence-corrected chi connectivity index (χ0v) is 11.0. The van der Waals surface area contributed by atoms with Gasteiger partial charge in [0.2, 0.25) is 11.8 Å². The first-order chi connectivity index (χ1) is 7.17. The van der Waals surface area contributed by atoms with E-state index in [4.69, 9.17) is 16.3 Å². The van der Waals surface area contributed by atoms with Crippen molar-refractivity contribution in [2.45, 2.75) is 19.4 Å². The SMILES string of the molecule is COc1nc(NC(C)CCCl)ncc1Br. The van der Waals surface area contributed by atoms with E-state index in [1.807, 2.05) is 6.92 Å². The summed E-state index contributed by atoms with van der Waals surface area (Å²) in [7, 11) is 1.57. The average molecular weight is 295 g/mol. The number of aromatic nitrogens is 2. The second-order valence-electron chi connectivity index (χ2n) is 3.07. The van der Waals surface area contributed by atoms with E-state index < -0.39 is 0 Å². The molecule has 1 rings (SSSR count). The quantitative estimate of drug-likeness (QED) is 0.848. The first-order valence-corrected chi connectivity index (χ1v) is 5.89. The molecule has 0 aromatic carbocycles. The van der Waals surface area contributed by atoms with Crippen LogP contribution in [0.15, 0.2) is 10.7 Å². The number of alkyl halides is 1. The lowest BCUT2D eigenvalue weighted by Crippen LogP contribution is -2.17. The lowest BCUT2D eigenvalue weighted by Gasteiger charge is -2.12. The molecule has 15 heavy (non-hydrogen) atoms. The number of anilines is 1. The fourth-order valence-corrected chi connectivity index (χ4v) is 1.70. The van der Waals surface area contributed by atoms with Gasteiger partial charge in [-0.15, -0.1) is 11.6 Å². The number of rotatable bonds is 5. The summed E-state index contributed by atoms with van der Waals surface area (Å²) >= 11 is 8.92. The molecule has 84 valence electrons. The normalized spacial score (nSPS) is 12.3. The van der Waals surface area contributed by atoms with E-state index >= 15 is 0 Å². The van der Waals surface area contributed by atoms with Gasteiger partial charge < -0.3 is 10.1 Å². The summed E-state index contributed by atoms with van der Waals surface area (Å²) in [5, 5.41) is 3.14. The first-order valence-electron chi connectivity index (χ1n) is 4.56. The van der Waals surface area contributed by atoms with Gasteiger partial charge >= 0.3 is 0 Å². The topological polar surface area (TPSA) is 47.0 Å². The Morgan fingerprint density at radius 1 is 1.67 bits per heavy atom. The van der Waals surface area contributed by atoms with Crippen LogP contribution >= 0.6 is 27.5 Å². The molecular weight excluding hydrogens is 281 g/mol. The van der Waals surface area contributed by atoms with Gasteiger partial charge in [-0.2, -0.15) is 4.98 Å². The fraction of sp³-hybridized carbons (Fsp3) is 0.556. The van der Waals surface area contributed by atoms with Crippen LogP contribution in [0.25, 0.3) is 0 Å². The standard InChI is InChI=1S/C9H13BrClN3O/c1-6(3-4-11)13-9-12-5-7(10)8(14-9)15-2/h5-6H,3-4H2,1-2H3,(H,12,13,14). The van der Waals surface area contributed by atoms with Crippen molar-refractivity contribution in [3.8, 4) is 5.88 Å². The predicted molar refractivity (Wildman–Crippen MR) is 64.7 cm³/mol. The number of halogens is 2. The molecular formula is C9H13BrClN3O. The van der Waals surface area contributed by atoms with Crippen molar-refractivity contribution in [2.24, 2.45) is 0 Å². The highest BCUT2D eigenvalue weighted by Crippen LogP contribution is 2.22. The molecule has 6 heteroatoms. The molecule has 1 aromatic heterocycles. The van der Waals surface area contributed by atoms with Crippen LogP contribution < -0.4 is 10.1 Å².